The summed E-state index contributed by atoms with van der Waals surface area (Å²) in [6.45, 7) is 4.01. The number of carbonyl (C=O) groups excluding carboxylic acids is 1. The lowest BCUT2D eigenvalue weighted by Gasteiger charge is -2.14. The number of fused-ring (bicyclic) bond motifs is 1. The highest BCUT2D eigenvalue weighted by Gasteiger charge is 2.18. The van der Waals surface area contributed by atoms with Crippen molar-refractivity contribution < 1.29 is 9.90 Å². The number of hydrogen-bond acceptors (Lipinski definition) is 3. The number of phenols is 1. The Kier molecular flexibility index (Phi) is 4.09. The lowest BCUT2D eigenvalue weighted by Crippen LogP contribution is -2.11. The molecular formula is C20H18N2O2. The molecular weight excluding hydrogens is 300 g/mol. The van der Waals surface area contributed by atoms with E-state index >= 15 is 0 Å². The number of nitriles is 1. The number of benzene rings is 2. The summed E-state index contributed by atoms with van der Waals surface area (Å²) in [5, 5.41) is 21.2. The summed E-state index contributed by atoms with van der Waals surface area (Å²) in [7, 11) is 0. The first-order valence-electron chi connectivity index (χ1n) is 7.85. The molecule has 0 saturated carbocycles. The summed E-state index contributed by atoms with van der Waals surface area (Å²) in [6, 6.07) is 13.1. The molecule has 0 unspecified atom stereocenters. The Labute approximate surface area is 140 Å². The Morgan fingerprint density at radius 1 is 1.21 bits per heavy atom. The zero-order valence-corrected chi connectivity index (χ0v) is 13.7. The van der Waals surface area contributed by atoms with Gasteiger partial charge in [0, 0.05) is 12.4 Å². The molecule has 4 nitrogen and oxygen atoms in total. The monoisotopic (exact) mass is 318 g/mol. The van der Waals surface area contributed by atoms with Crippen LogP contribution in [-0.2, 0) is 6.42 Å². The van der Waals surface area contributed by atoms with E-state index in [0.29, 0.717) is 0 Å². The Balaban J connectivity index is 2.09. The quantitative estimate of drug-likeness (QED) is 0.786. The van der Waals surface area contributed by atoms with Crippen LogP contribution in [0.3, 0.4) is 0 Å². The van der Waals surface area contributed by atoms with Gasteiger partial charge in [-0.05, 0) is 39.9 Å². The fourth-order valence-corrected chi connectivity index (χ4v) is 2.93. The molecule has 0 atom stereocenters. The van der Waals surface area contributed by atoms with Crippen LogP contribution >= 0.6 is 0 Å². The number of phenolic OH excluding ortho intramolecular Hbond substituents is 1. The Bertz CT molecular complexity index is 928. The van der Waals surface area contributed by atoms with Crippen molar-refractivity contribution in [1.29, 1.82) is 5.26 Å². The molecule has 4 heteroatoms. The second-order valence-corrected chi connectivity index (χ2v) is 6.16. The number of aromatic hydroxyl groups is 1. The smallest absolute Gasteiger partial charge is 0.265 e. The van der Waals surface area contributed by atoms with Gasteiger partial charge in [0.2, 0.25) is 0 Å². The maximum absolute atomic E-state index is 12.8. The van der Waals surface area contributed by atoms with Crippen molar-refractivity contribution in [2.45, 2.75) is 26.2 Å². The maximum atomic E-state index is 12.8. The molecule has 0 fully saturated rings. The van der Waals surface area contributed by atoms with Crippen molar-refractivity contribution in [2.75, 3.05) is 0 Å². The summed E-state index contributed by atoms with van der Waals surface area (Å²) < 4.78 is 1.49. The maximum Gasteiger partial charge on any atom is 0.265 e. The third-order valence-corrected chi connectivity index (χ3v) is 4.17. The lowest BCUT2D eigenvalue weighted by molar-refractivity contribution is 0.0958. The van der Waals surface area contributed by atoms with Gasteiger partial charge in [0.25, 0.3) is 5.91 Å². The summed E-state index contributed by atoms with van der Waals surface area (Å²) in [5.41, 5.74) is 1.93. The van der Waals surface area contributed by atoms with Crippen LogP contribution in [0.1, 0.15) is 41.3 Å². The third kappa shape index (κ3) is 2.77. The van der Waals surface area contributed by atoms with Gasteiger partial charge in [-0.25, -0.2) is 0 Å². The molecule has 24 heavy (non-hydrogen) atoms. The first-order chi connectivity index (χ1) is 11.5. The highest BCUT2D eigenvalue weighted by molar-refractivity contribution is 6.01. The van der Waals surface area contributed by atoms with Gasteiger partial charge in [-0.2, -0.15) is 5.26 Å². The molecule has 0 aliphatic carbocycles. The van der Waals surface area contributed by atoms with Gasteiger partial charge in [0.05, 0.1) is 18.1 Å². The first kappa shape index (κ1) is 15.8. The van der Waals surface area contributed by atoms with Crippen molar-refractivity contribution >= 4 is 16.7 Å². The van der Waals surface area contributed by atoms with E-state index in [-0.39, 0.29) is 29.6 Å². The van der Waals surface area contributed by atoms with Crippen molar-refractivity contribution in [3.63, 3.8) is 0 Å². The van der Waals surface area contributed by atoms with Gasteiger partial charge < -0.3 is 5.11 Å². The minimum absolute atomic E-state index is 0.0904. The molecule has 0 radical (unpaired) electrons. The minimum atomic E-state index is -0.283. The molecule has 3 aromatic rings. The fourth-order valence-electron chi connectivity index (χ4n) is 2.93. The van der Waals surface area contributed by atoms with E-state index in [0.717, 1.165) is 21.9 Å². The SMILES string of the molecule is CC(C)c1cc(C(=O)n2cc3ccccc3c2)c(O)cc1CC#N. The number of rotatable bonds is 3. The molecule has 0 aliphatic rings. The topological polar surface area (TPSA) is 66.0 Å². The summed E-state index contributed by atoms with van der Waals surface area (Å²) in [6.07, 6.45) is 3.73. The summed E-state index contributed by atoms with van der Waals surface area (Å²) in [4.78, 5) is 12.8. The standard InChI is InChI=1S/C20H18N2O2/c1-13(2)17-10-18(19(23)9-14(17)7-8-21)20(24)22-11-15-5-3-4-6-16(15)12-22/h3-6,9-13,23H,7H2,1-2H3. The largest absolute Gasteiger partial charge is 0.507 e. The van der Waals surface area contributed by atoms with Crippen LogP contribution in [0.5, 0.6) is 5.75 Å². The van der Waals surface area contributed by atoms with E-state index in [9.17, 15) is 9.90 Å². The second-order valence-electron chi connectivity index (χ2n) is 6.16. The molecule has 1 aromatic heterocycles. The minimum Gasteiger partial charge on any atom is -0.507 e. The second kappa shape index (κ2) is 6.21. The van der Waals surface area contributed by atoms with Crippen molar-refractivity contribution in [2.24, 2.45) is 0 Å². The molecule has 2 aromatic carbocycles. The van der Waals surface area contributed by atoms with E-state index < -0.39 is 0 Å². The third-order valence-electron chi connectivity index (χ3n) is 4.17. The van der Waals surface area contributed by atoms with Gasteiger partial charge in [0.1, 0.15) is 5.75 Å². The van der Waals surface area contributed by atoms with Crippen LogP contribution in [0.2, 0.25) is 0 Å². The average Bonchev–Trinajstić information content (AvgIpc) is 2.98. The molecule has 3 rings (SSSR count). The predicted octanol–water partition coefficient (Wildman–Crippen LogP) is 4.22. The molecule has 1 N–H and O–H groups in total. The van der Waals surface area contributed by atoms with Crippen LogP contribution in [0.15, 0.2) is 48.8 Å². The highest BCUT2D eigenvalue weighted by Crippen LogP contribution is 2.29. The number of hydrogen-bond donors (Lipinski definition) is 1. The van der Waals surface area contributed by atoms with Gasteiger partial charge in [-0.3, -0.25) is 9.36 Å². The molecule has 0 spiro atoms. The van der Waals surface area contributed by atoms with E-state index in [4.69, 9.17) is 5.26 Å². The van der Waals surface area contributed by atoms with Crippen LogP contribution in [0.4, 0.5) is 0 Å². The van der Waals surface area contributed by atoms with E-state index in [1.165, 1.54) is 10.6 Å². The summed E-state index contributed by atoms with van der Waals surface area (Å²) in [5.74, 6) is -0.217. The molecule has 120 valence electrons. The first-order valence-corrected chi connectivity index (χ1v) is 7.85. The zero-order valence-electron chi connectivity index (χ0n) is 13.7. The predicted molar refractivity (Wildman–Crippen MR) is 93.2 cm³/mol. The Morgan fingerprint density at radius 2 is 1.83 bits per heavy atom. The average molecular weight is 318 g/mol. The molecule has 0 aliphatic heterocycles. The highest BCUT2D eigenvalue weighted by atomic mass is 16.3. The number of nitrogens with zero attached hydrogens (tertiary/aromatic N) is 2. The lowest BCUT2D eigenvalue weighted by atomic mass is 9.92. The van der Waals surface area contributed by atoms with Crippen molar-refractivity contribution in [3.8, 4) is 11.8 Å². The van der Waals surface area contributed by atoms with Gasteiger partial charge >= 0.3 is 0 Å². The van der Waals surface area contributed by atoms with Gasteiger partial charge in [0.15, 0.2) is 0 Å². The van der Waals surface area contributed by atoms with Crippen molar-refractivity contribution in [1.82, 2.24) is 4.57 Å². The van der Waals surface area contributed by atoms with Crippen LogP contribution in [0.25, 0.3) is 10.8 Å². The van der Waals surface area contributed by atoms with E-state index in [1.807, 2.05) is 38.1 Å². The van der Waals surface area contributed by atoms with Crippen LogP contribution in [0, 0.1) is 11.3 Å². The molecule has 0 saturated heterocycles. The number of aromatic nitrogens is 1. The fraction of sp³-hybridized carbons (Fsp3) is 0.200. The molecule has 0 amide bonds. The van der Waals surface area contributed by atoms with E-state index in [1.54, 1.807) is 18.5 Å². The molecule has 1 heterocycles. The van der Waals surface area contributed by atoms with E-state index in [2.05, 4.69) is 6.07 Å². The van der Waals surface area contributed by atoms with Gasteiger partial charge in [-0.1, -0.05) is 38.1 Å². The molecule has 0 bridgehead atoms. The van der Waals surface area contributed by atoms with Crippen molar-refractivity contribution in [3.05, 3.63) is 65.5 Å². The summed E-state index contributed by atoms with van der Waals surface area (Å²) >= 11 is 0. The Hall–Kier alpha value is -3.06. The van der Waals surface area contributed by atoms with Gasteiger partial charge in [-0.15, -0.1) is 0 Å². The van der Waals surface area contributed by atoms with Crippen LogP contribution in [-0.4, -0.2) is 15.6 Å². The zero-order chi connectivity index (χ0) is 17.3. The van der Waals surface area contributed by atoms with Crippen LogP contribution < -0.4 is 0 Å². The number of carbonyl (C=O) groups is 1. The Morgan fingerprint density at radius 3 is 2.38 bits per heavy atom. The normalized spacial score (nSPS) is 10.9.